The number of anilines is 2. The van der Waals surface area contributed by atoms with Gasteiger partial charge in [-0.2, -0.15) is 5.10 Å². The lowest BCUT2D eigenvalue weighted by Crippen LogP contribution is -2.18. The Morgan fingerprint density at radius 2 is 1.88 bits per heavy atom. The molecule has 0 aliphatic carbocycles. The van der Waals surface area contributed by atoms with E-state index in [0.717, 1.165) is 22.6 Å². The molecule has 0 saturated heterocycles. The molecule has 4 rings (SSSR count). The topological polar surface area (TPSA) is 53.5 Å². The quantitative estimate of drug-likeness (QED) is 0.392. The molecule has 1 amide bonds. The van der Waals surface area contributed by atoms with Crippen LogP contribution in [0.4, 0.5) is 11.4 Å². The molecule has 4 nitrogen and oxygen atoms in total. The van der Waals surface area contributed by atoms with Crippen molar-refractivity contribution >= 4 is 46.1 Å². The Bertz CT molecular complexity index is 965. The molecular weight excluding hydrogens is 350 g/mol. The van der Waals surface area contributed by atoms with Crippen LogP contribution in [0.1, 0.15) is 22.2 Å². The minimum atomic E-state index is -0.185. The average molecular weight is 365 g/mol. The second-order valence-electron chi connectivity index (χ2n) is 5.55. The van der Waals surface area contributed by atoms with Crippen molar-refractivity contribution in [1.29, 1.82) is 0 Å². The Morgan fingerprint density at radius 1 is 1.04 bits per heavy atom. The van der Waals surface area contributed by atoms with Crippen molar-refractivity contribution in [2.45, 2.75) is 16.7 Å². The smallest absolute Gasteiger partial charge is 0.281 e. The van der Waals surface area contributed by atoms with E-state index in [4.69, 9.17) is 0 Å². The number of carbonyl (C=O) groups excluding carboxylic acids is 1. The molecule has 0 unspecified atom stereocenters. The summed E-state index contributed by atoms with van der Waals surface area (Å²) in [4.78, 5) is 15.0. The first-order valence-corrected chi connectivity index (χ1v) is 9.47. The number of carbonyl (C=O) groups is 1. The van der Waals surface area contributed by atoms with E-state index in [2.05, 4.69) is 40.1 Å². The van der Waals surface area contributed by atoms with Crippen molar-refractivity contribution in [3.8, 4) is 0 Å². The fourth-order valence-corrected chi connectivity index (χ4v) is 4.11. The van der Waals surface area contributed by atoms with Crippen LogP contribution in [0.15, 0.2) is 74.9 Å². The third-order valence-electron chi connectivity index (χ3n) is 3.84. The fourth-order valence-electron chi connectivity index (χ4n) is 2.53. The highest BCUT2D eigenvalue weighted by atomic mass is 32.2. The maximum absolute atomic E-state index is 12.0. The minimum absolute atomic E-state index is 0.185. The summed E-state index contributed by atoms with van der Waals surface area (Å²) in [7, 11) is 0. The maximum atomic E-state index is 12.0. The third kappa shape index (κ3) is 3.31. The van der Waals surface area contributed by atoms with Gasteiger partial charge in [0.25, 0.3) is 5.91 Å². The van der Waals surface area contributed by atoms with Crippen molar-refractivity contribution < 1.29 is 4.79 Å². The van der Waals surface area contributed by atoms with Gasteiger partial charge in [-0.3, -0.25) is 4.79 Å². The zero-order chi connectivity index (χ0) is 17.2. The molecular formula is C19H15N3OS2. The summed E-state index contributed by atoms with van der Waals surface area (Å²) < 4.78 is 0. The van der Waals surface area contributed by atoms with Crippen LogP contribution in [0.5, 0.6) is 0 Å². The fraction of sp³-hybridized carbons (Fsp3) is 0.0526. The van der Waals surface area contributed by atoms with Gasteiger partial charge in [0.15, 0.2) is 0 Å². The Hall–Kier alpha value is -2.57. The molecule has 2 aromatic carbocycles. The summed E-state index contributed by atoms with van der Waals surface area (Å²) in [6, 6.07) is 18.0. The van der Waals surface area contributed by atoms with Gasteiger partial charge in [0, 0.05) is 9.79 Å². The van der Waals surface area contributed by atoms with Crippen LogP contribution < -0.4 is 10.7 Å². The number of amides is 1. The highest BCUT2D eigenvalue weighted by molar-refractivity contribution is 7.99. The summed E-state index contributed by atoms with van der Waals surface area (Å²) in [5, 5.41) is 9.57. The number of thiophene rings is 1. The van der Waals surface area contributed by atoms with Gasteiger partial charge in [-0.25, -0.2) is 5.43 Å². The normalized spacial score (nSPS) is 12.8. The van der Waals surface area contributed by atoms with Crippen LogP contribution in [0.2, 0.25) is 0 Å². The van der Waals surface area contributed by atoms with Crippen LogP contribution in [-0.4, -0.2) is 11.6 Å². The maximum Gasteiger partial charge on any atom is 0.281 e. The van der Waals surface area contributed by atoms with Gasteiger partial charge < -0.3 is 5.32 Å². The minimum Gasteiger partial charge on any atom is -0.354 e. The predicted molar refractivity (Wildman–Crippen MR) is 104 cm³/mol. The molecule has 2 N–H and O–H groups in total. The van der Waals surface area contributed by atoms with E-state index < -0.39 is 0 Å². The molecule has 0 atom stereocenters. The van der Waals surface area contributed by atoms with Crippen molar-refractivity contribution in [3.05, 3.63) is 70.4 Å². The second kappa shape index (κ2) is 6.74. The largest absolute Gasteiger partial charge is 0.354 e. The standard InChI is InChI=1S/C19H15N3OS2/c1-12(21-22-19(23)18-7-4-10-24-18)13-8-9-17-15(11-13)20-14-5-2-3-6-16(14)25-17/h2-11,20H,1H3,(H,22,23). The Kier molecular flexibility index (Phi) is 4.29. The van der Waals surface area contributed by atoms with Crippen molar-refractivity contribution in [2.75, 3.05) is 5.32 Å². The number of hydrogen-bond donors (Lipinski definition) is 2. The molecule has 6 heteroatoms. The van der Waals surface area contributed by atoms with Gasteiger partial charge >= 0.3 is 0 Å². The van der Waals surface area contributed by atoms with Gasteiger partial charge in [0.2, 0.25) is 0 Å². The van der Waals surface area contributed by atoms with E-state index in [9.17, 15) is 4.79 Å². The van der Waals surface area contributed by atoms with Crippen LogP contribution in [0.25, 0.3) is 0 Å². The zero-order valence-electron chi connectivity index (χ0n) is 13.4. The van der Waals surface area contributed by atoms with E-state index in [0.29, 0.717) is 4.88 Å². The highest BCUT2D eigenvalue weighted by Gasteiger charge is 2.16. The number of hydrazone groups is 1. The molecule has 1 aliphatic heterocycles. The summed E-state index contributed by atoms with van der Waals surface area (Å²) in [6.45, 7) is 1.89. The highest BCUT2D eigenvalue weighted by Crippen LogP contribution is 2.44. The second-order valence-corrected chi connectivity index (χ2v) is 7.58. The number of fused-ring (bicyclic) bond motifs is 2. The lowest BCUT2D eigenvalue weighted by atomic mass is 10.1. The summed E-state index contributed by atoms with van der Waals surface area (Å²) in [5.74, 6) is -0.185. The molecule has 1 aliphatic rings. The molecule has 124 valence electrons. The van der Waals surface area contributed by atoms with Gasteiger partial charge in [-0.05, 0) is 48.2 Å². The summed E-state index contributed by atoms with van der Waals surface area (Å²) in [6.07, 6.45) is 0. The van der Waals surface area contributed by atoms with E-state index in [1.165, 1.54) is 21.1 Å². The van der Waals surface area contributed by atoms with Crippen molar-refractivity contribution in [2.24, 2.45) is 5.10 Å². The van der Waals surface area contributed by atoms with Gasteiger partial charge in [0.05, 0.1) is 22.0 Å². The van der Waals surface area contributed by atoms with Crippen LogP contribution >= 0.6 is 23.1 Å². The molecule has 25 heavy (non-hydrogen) atoms. The number of rotatable bonds is 3. The summed E-state index contributed by atoms with van der Waals surface area (Å²) in [5.41, 5.74) is 6.51. The Labute approximate surface area is 154 Å². The first-order chi connectivity index (χ1) is 12.2. The number of nitrogens with zero attached hydrogens (tertiary/aromatic N) is 1. The zero-order valence-corrected chi connectivity index (χ0v) is 15.1. The first kappa shape index (κ1) is 15.9. The first-order valence-electron chi connectivity index (χ1n) is 7.77. The number of benzene rings is 2. The number of nitrogens with one attached hydrogen (secondary N) is 2. The van der Waals surface area contributed by atoms with Crippen LogP contribution in [-0.2, 0) is 0 Å². The number of hydrogen-bond acceptors (Lipinski definition) is 5. The van der Waals surface area contributed by atoms with E-state index >= 15 is 0 Å². The Morgan fingerprint density at radius 3 is 2.72 bits per heavy atom. The van der Waals surface area contributed by atoms with Crippen molar-refractivity contribution in [1.82, 2.24) is 5.43 Å². The van der Waals surface area contributed by atoms with Gasteiger partial charge in [-0.15, -0.1) is 11.3 Å². The third-order valence-corrected chi connectivity index (χ3v) is 5.86. The van der Waals surface area contributed by atoms with Crippen molar-refractivity contribution in [3.63, 3.8) is 0 Å². The number of para-hydroxylation sites is 1. The molecule has 0 bridgehead atoms. The van der Waals surface area contributed by atoms with E-state index in [1.807, 2.05) is 36.6 Å². The lowest BCUT2D eigenvalue weighted by Gasteiger charge is -2.21. The van der Waals surface area contributed by atoms with Gasteiger partial charge in [-0.1, -0.05) is 36.0 Å². The molecule has 0 spiro atoms. The monoisotopic (exact) mass is 365 g/mol. The molecule has 0 radical (unpaired) electrons. The average Bonchev–Trinajstić information content (AvgIpc) is 3.18. The molecule has 1 aromatic heterocycles. The molecule has 0 fully saturated rings. The molecule has 3 aromatic rings. The van der Waals surface area contributed by atoms with Gasteiger partial charge in [0.1, 0.15) is 0 Å². The van der Waals surface area contributed by atoms with E-state index in [1.54, 1.807) is 17.8 Å². The molecule has 0 saturated carbocycles. The summed E-state index contributed by atoms with van der Waals surface area (Å²) >= 11 is 3.15. The van der Waals surface area contributed by atoms with E-state index in [-0.39, 0.29) is 5.91 Å². The van der Waals surface area contributed by atoms with Crippen LogP contribution in [0.3, 0.4) is 0 Å². The SMILES string of the molecule is CC(=NNC(=O)c1cccs1)c1ccc2c(c1)Nc1ccccc1S2. The lowest BCUT2D eigenvalue weighted by molar-refractivity contribution is 0.0959. The Balaban J connectivity index is 1.54. The molecule has 2 heterocycles. The van der Waals surface area contributed by atoms with Crippen LogP contribution in [0, 0.1) is 0 Å². The predicted octanol–water partition coefficient (Wildman–Crippen LogP) is 5.11.